The van der Waals surface area contributed by atoms with Crippen molar-refractivity contribution in [3.63, 3.8) is 0 Å². The third-order valence-electron chi connectivity index (χ3n) is 5.40. The summed E-state index contributed by atoms with van der Waals surface area (Å²) in [5.74, 6) is 2.23. The molecule has 2 aromatic heterocycles. The number of aliphatic imine (C=N–C) groups is 1. The standard InChI is InChI=1S/C23H27N7O.3ClH/c1-31-16-9-10-18-17(13-16)22(28-19-6-2-3-7-20(19)29-23(24)25)30-21(27-18)11-8-15-5-4-12-26-14-15;;;/h4-5,8-14,19-20H,2-3,6-7H2,1H3,(H4,24,25,29)(H,27,28,30);3*1H/b11-8-;;;. The van der Waals surface area contributed by atoms with Crippen molar-refractivity contribution >= 4 is 72.1 Å². The van der Waals surface area contributed by atoms with Gasteiger partial charge in [-0.25, -0.2) is 15.0 Å². The molecule has 0 saturated heterocycles. The van der Waals surface area contributed by atoms with E-state index in [0.717, 1.165) is 53.7 Å². The highest BCUT2D eigenvalue weighted by Gasteiger charge is 2.26. The van der Waals surface area contributed by atoms with Gasteiger partial charge in [0, 0.05) is 17.8 Å². The van der Waals surface area contributed by atoms with Crippen LogP contribution in [0.5, 0.6) is 5.75 Å². The molecule has 1 saturated carbocycles. The largest absolute Gasteiger partial charge is 0.497 e. The Morgan fingerprint density at radius 2 is 1.88 bits per heavy atom. The summed E-state index contributed by atoms with van der Waals surface area (Å²) in [4.78, 5) is 18.1. The zero-order valence-electron chi connectivity index (χ0n) is 18.8. The summed E-state index contributed by atoms with van der Waals surface area (Å²) in [6.07, 6.45) is 11.5. The normalized spacial score (nSPS) is 17.1. The Balaban J connectivity index is 0.00000193. The second-order valence-electron chi connectivity index (χ2n) is 7.59. The minimum absolute atomic E-state index is 0. The second kappa shape index (κ2) is 13.8. The maximum Gasteiger partial charge on any atom is 0.186 e. The number of pyridine rings is 1. The SMILES string of the molecule is COc1ccc2nc(/C=C\c3cccnc3)nc(NC3CCCCC3N=C(N)N)c2c1.Cl.Cl.Cl. The zero-order chi connectivity index (χ0) is 21.6. The molecule has 2 heterocycles. The number of benzene rings is 1. The van der Waals surface area contributed by atoms with Gasteiger partial charge in [0.25, 0.3) is 0 Å². The first kappa shape index (κ1) is 29.2. The molecule has 1 aliphatic carbocycles. The number of nitrogens with zero attached hydrogens (tertiary/aromatic N) is 4. The molecular weight excluding hydrogens is 497 g/mol. The Labute approximate surface area is 217 Å². The average molecular weight is 527 g/mol. The first-order valence-electron chi connectivity index (χ1n) is 10.4. The Kier molecular flexibility index (Phi) is 11.9. The van der Waals surface area contributed by atoms with E-state index in [0.29, 0.717) is 5.82 Å². The monoisotopic (exact) mass is 525 g/mol. The molecule has 0 aliphatic heterocycles. The van der Waals surface area contributed by atoms with Gasteiger partial charge in [0.15, 0.2) is 11.8 Å². The third kappa shape index (κ3) is 7.35. The quantitative estimate of drug-likeness (QED) is 0.320. The number of nitrogens with two attached hydrogens (primary N) is 2. The van der Waals surface area contributed by atoms with E-state index in [2.05, 4.69) is 15.3 Å². The molecule has 1 aliphatic rings. The number of rotatable bonds is 6. The summed E-state index contributed by atoms with van der Waals surface area (Å²) in [6.45, 7) is 0. The van der Waals surface area contributed by atoms with Crippen LogP contribution in [0.4, 0.5) is 5.82 Å². The summed E-state index contributed by atoms with van der Waals surface area (Å²) in [5, 5.41) is 4.49. The minimum atomic E-state index is 0. The molecule has 0 spiro atoms. The average Bonchev–Trinajstić information content (AvgIpc) is 2.79. The Morgan fingerprint density at radius 3 is 2.59 bits per heavy atom. The van der Waals surface area contributed by atoms with Gasteiger partial charge in [-0.3, -0.25) is 4.98 Å². The van der Waals surface area contributed by atoms with Crippen molar-refractivity contribution in [3.05, 3.63) is 54.1 Å². The number of anilines is 1. The number of hydrogen-bond acceptors (Lipinski definition) is 6. The highest BCUT2D eigenvalue weighted by Crippen LogP contribution is 2.29. The molecule has 2 unspecified atom stereocenters. The fourth-order valence-electron chi connectivity index (χ4n) is 3.88. The fraction of sp³-hybridized carbons (Fsp3) is 0.304. The summed E-state index contributed by atoms with van der Waals surface area (Å²) < 4.78 is 5.42. The molecule has 4 rings (SSSR count). The van der Waals surface area contributed by atoms with Crippen LogP contribution in [0.3, 0.4) is 0 Å². The van der Waals surface area contributed by atoms with Crippen molar-refractivity contribution < 1.29 is 4.74 Å². The van der Waals surface area contributed by atoms with Gasteiger partial charge in [-0.05, 0) is 54.8 Å². The van der Waals surface area contributed by atoms with Crippen LogP contribution in [0, 0.1) is 0 Å². The number of guanidine groups is 1. The molecule has 2 atom stereocenters. The number of aromatic nitrogens is 3. The van der Waals surface area contributed by atoms with Crippen molar-refractivity contribution in [3.8, 4) is 5.75 Å². The third-order valence-corrected chi connectivity index (χ3v) is 5.40. The summed E-state index contributed by atoms with van der Waals surface area (Å²) in [5.41, 5.74) is 13.2. The molecule has 1 fully saturated rings. The summed E-state index contributed by atoms with van der Waals surface area (Å²) >= 11 is 0. The number of methoxy groups -OCH3 is 1. The van der Waals surface area contributed by atoms with E-state index in [1.54, 1.807) is 19.5 Å². The van der Waals surface area contributed by atoms with Gasteiger partial charge in [-0.2, -0.15) is 0 Å². The van der Waals surface area contributed by atoms with Gasteiger partial charge in [0.1, 0.15) is 11.6 Å². The van der Waals surface area contributed by atoms with Gasteiger partial charge in [-0.1, -0.05) is 18.9 Å². The minimum Gasteiger partial charge on any atom is -0.497 e. The number of nitrogens with one attached hydrogen (secondary N) is 1. The van der Waals surface area contributed by atoms with E-state index in [-0.39, 0.29) is 55.3 Å². The van der Waals surface area contributed by atoms with E-state index in [4.69, 9.17) is 26.2 Å². The highest BCUT2D eigenvalue weighted by molar-refractivity contribution is 5.91. The fourth-order valence-corrected chi connectivity index (χ4v) is 3.88. The first-order valence-corrected chi connectivity index (χ1v) is 10.4. The topological polar surface area (TPSA) is 124 Å². The van der Waals surface area contributed by atoms with Crippen LogP contribution in [0.1, 0.15) is 37.1 Å². The molecule has 34 heavy (non-hydrogen) atoms. The lowest BCUT2D eigenvalue weighted by molar-refractivity contribution is 0.405. The summed E-state index contributed by atoms with van der Waals surface area (Å²) in [7, 11) is 1.65. The second-order valence-corrected chi connectivity index (χ2v) is 7.59. The van der Waals surface area contributed by atoms with Crippen LogP contribution in [0.25, 0.3) is 23.1 Å². The molecule has 5 N–H and O–H groups in total. The van der Waals surface area contributed by atoms with Crippen molar-refractivity contribution in [2.45, 2.75) is 37.8 Å². The van der Waals surface area contributed by atoms with Gasteiger partial charge in [0.2, 0.25) is 0 Å². The molecule has 3 aromatic rings. The van der Waals surface area contributed by atoms with Gasteiger partial charge >= 0.3 is 0 Å². The smallest absolute Gasteiger partial charge is 0.186 e. The van der Waals surface area contributed by atoms with Crippen molar-refractivity contribution in [2.24, 2.45) is 16.5 Å². The van der Waals surface area contributed by atoms with Gasteiger partial charge in [-0.15, -0.1) is 37.2 Å². The number of halogens is 3. The predicted molar refractivity (Wildman–Crippen MR) is 146 cm³/mol. The number of ether oxygens (including phenoxy) is 1. The van der Waals surface area contributed by atoms with E-state index >= 15 is 0 Å². The van der Waals surface area contributed by atoms with E-state index in [9.17, 15) is 0 Å². The molecule has 11 heteroatoms. The lowest BCUT2D eigenvalue weighted by atomic mass is 9.90. The van der Waals surface area contributed by atoms with Crippen LogP contribution in [0.15, 0.2) is 47.7 Å². The van der Waals surface area contributed by atoms with E-state index < -0.39 is 0 Å². The van der Waals surface area contributed by atoms with E-state index in [1.807, 2.05) is 42.5 Å². The van der Waals surface area contributed by atoms with Crippen LogP contribution >= 0.6 is 37.2 Å². The molecule has 184 valence electrons. The van der Waals surface area contributed by atoms with Gasteiger partial charge < -0.3 is 21.5 Å². The van der Waals surface area contributed by atoms with Crippen molar-refractivity contribution in [1.82, 2.24) is 15.0 Å². The van der Waals surface area contributed by atoms with E-state index in [1.165, 1.54) is 0 Å². The lowest BCUT2D eigenvalue weighted by Crippen LogP contribution is -2.38. The van der Waals surface area contributed by atoms with Gasteiger partial charge in [0.05, 0.1) is 24.7 Å². The first-order chi connectivity index (χ1) is 15.1. The maximum atomic E-state index is 5.67. The number of fused-ring (bicyclic) bond motifs is 1. The zero-order valence-corrected chi connectivity index (χ0v) is 21.2. The Morgan fingerprint density at radius 1 is 1.09 bits per heavy atom. The van der Waals surface area contributed by atoms with Crippen LogP contribution in [-0.4, -0.2) is 40.1 Å². The van der Waals surface area contributed by atoms with Crippen molar-refractivity contribution in [1.29, 1.82) is 0 Å². The lowest BCUT2D eigenvalue weighted by Gasteiger charge is -2.30. The molecule has 0 amide bonds. The Hall–Kier alpha value is -2.81. The molecule has 1 aromatic carbocycles. The Bertz CT molecular complexity index is 1110. The predicted octanol–water partition coefficient (Wildman–Crippen LogP) is 4.47. The molecule has 8 nitrogen and oxygen atoms in total. The molecule has 0 radical (unpaired) electrons. The molecule has 0 bridgehead atoms. The van der Waals surface area contributed by atoms with Crippen LogP contribution in [0.2, 0.25) is 0 Å². The maximum absolute atomic E-state index is 5.67. The van der Waals surface area contributed by atoms with Crippen LogP contribution < -0.4 is 21.5 Å². The van der Waals surface area contributed by atoms with Crippen molar-refractivity contribution in [2.75, 3.05) is 12.4 Å². The molecular formula is C23H30Cl3N7O. The van der Waals surface area contributed by atoms with Crippen LogP contribution in [-0.2, 0) is 0 Å². The summed E-state index contributed by atoms with van der Waals surface area (Å²) in [6, 6.07) is 9.78. The highest BCUT2D eigenvalue weighted by atomic mass is 35.5. The number of hydrogen-bond donors (Lipinski definition) is 3.